The van der Waals surface area contributed by atoms with Crippen molar-refractivity contribution >= 4 is 5.97 Å². The van der Waals surface area contributed by atoms with Gasteiger partial charge in [0, 0.05) is 18.5 Å². The van der Waals surface area contributed by atoms with Crippen LogP contribution in [0.1, 0.15) is 10.4 Å². The van der Waals surface area contributed by atoms with Crippen LogP contribution in [0.3, 0.4) is 0 Å². The van der Waals surface area contributed by atoms with Crippen LogP contribution in [0.4, 0.5) is 4.39 Å². The lowest BCUT2D eigenvalue weighted by atomic mass is 10.2. The molecular formula is C12H8FNO3. The number of ether oxygens (including phenoxy) is 1. The van der Waals surface area contributed by atoms with Crippen molar-refractivity contribution in [1.82, 2.24) is 4.98 Å². The molecule has 1 heterocycles. The van der Waals surface area contributed by atoms with Gasteiger partial charge in [0.2, 0.25) is 0 Å². The fourth-order valence-electron chi connectivity index (χ4n) is 1.28. The fraction of sp³-hybridized carbons (Fsp3) is 0. The number of aromatic nitrogens is 1. The molecule has 1 N–H and O–H groups in total. The molecule has 2 rings (SSSR count). The van der Waals surface area contributed by atoms with Gasteiger partial charge in [0.25, 0.3) is 0 Å². The Morgan fingerprint density at radius 1 is 1.18 bits per heavy atom. The van der Waals surface area contributed by atoms with E-state index in [1.165, 1.54) is 18.5 Å². The monoisotopic (exact) mass is 233 g/mol. The number of hydrogen-bond acceptors (Lipinski definition) is 3. The first kappa shape index (κ1) is 11.1. The molecule has 0 fully saturated rings. The van der Waals surface area contributed by atoms with Crippen LogP contribution in [0.15, 0.2) is 42.7 Å². The number of benzene rings is 1. The number of pyridine rings is 1. The second-order valence-corrected chi connectivity index (χ2v) is 3.23. The molecule has 0 bridgehead atoms. The maximum Gasteiger partial charge on any atom is 0.338 e. The van der Waals surface area contributed by atoms with Gasteiger partial charge < -0.3 is 9.84 Å². The zero-order valence-corrected chi connectivity index (χ0v) is 8.63. The Labute approximate surface area is 96.3 Å². The van der Waals surface area contributed by atoms with Crippen molar-refractivity contribution in [3.63, 3.8) is 0 Å². The lowest BCUT2D eigenvalue weighted by Gasteiger charge is -2.05. The zero-order chi connectivity index (χ0) is 12.3. The first-order valence-corrected chi connectivity index (χ1v) is 4.77. The molecule has 0 saturated heterocycles. The van der Waals surface area contributed by atoms with Crippen molar-refractivity contribution in [3.8, 4) is 11.5 Å². The van der Waals surface area contributed by atoms with Crippen LogP contribution in [-0.2, 0) is 0 Å². The first-order valence-electron chi connectivity index (χ1n) is 4.77. The molecule has 2 aromatic rings. The van der Waals surface area contributed by atoms with Gasteiger partial charge in [-0.05, 0) is 24.3 Å². The fourth-order valence-corrected chi connectivity index (χ4v) is 1.28. The third-order valence-electron chi connectivity index (χ3n) is 2.06. The highest BCUT2D eigenvalue weighted by atomic mass is 19.1. The summed E-state index contributed by atoms with van der Waals surface area (Å²) >= 11 is 0. The second-order valence-electron chi connectivity index (χ2n) is 3.23. The lowest BCUT2D eigenvalue weighted by molar-refractivity contribution is 0.0692. The number of aromatic carboxylic acids is 1. The van der Waals surface area contributed by atoms with Gasteiger partial charge in [-0.15, -0.1) is 0 Å². The molecule has 0 aliphatic carbocycles. The maximum atomic E-state index is 13.3. The van der Waals surface area contributed by atoms with E-state index in [0.29, 0.717) is 5.75 Å². The topological polar surface area (TPSA) is 59.4 Å². The van der Waals surface area contributed by atoms with Crippen molar-refractivity contribution in [3.05, 3.63) is 54.1 Å². The SMILES string of the molecule is O=C(O)c1ccc(Oc2ccncc2)cc1F. The second kappa shape index (κ2) is 4.61. The maximum absolute atomic E-state index is 13.3. The number of carboxylic acid groups (broad SMARTS) is 1. The summed E-state index contributed by atoms with van der Waals surface area (Å²) in [6.45, 7) is 0. The Bertz CT molecular complexity index is 543. The van der Waals surface area contributed by atoms with Crippen molar-refractivity contribution in [2.45, 2.75) is 0 Å². The van der Waals surface area contributed by atoms with Crippen LogP contribution >= 0.6 is 0 Å². The van der Waals surface area contributed by atoms with E-state index in [4.69, 9.17) is 9.84 Å². The Morgan fingerprint density at radius 2 is 1.88 bits per heavy atom. The van der Waals surface area contributed by atoms with Gasteiger partial charge in [-0.3, -0.25) is 4.98 Å². The van der Waals surface area contributed by atoms with E-state index in [0.717, 1.165) is 12.1 Å². The summed E-state index contributed by atoms with van der Waals surface area (Å²) in [5, 5.41) is 8.66. The number of rotatable bonds is 3. The molecule has 1 aromatic carbocycles. The molecular weight excluding hydrogens is 225 g/mol. The molecule has 0 spiro atoms. The minimum absolute atomic E-state index is 0.235. The molecule has 1 aromatic heterocycles. The smallest absolute Gasteiger partial charge is 0.338 e. The molecule has 0 aliphatic heterocycles. The van der Waals surface area contributed by atoms with Gasteiger partial charge >= 0.3 is 5.97 Å². The van der Waals surface area contributed by atoms with E-state index < -0.39 is 11.8 Å². The average molecular weight is 233 g/mol. The van der Waals surface area contributed by atoms with Gasteiger partial charge in [0.1, 0.15) is 17.3 Å². The van der Waals surface area contributed by atoms with Crippen LogP contribution in [0, 0.1) is 5.82 Å². The van der Waals surface area contributed by atoms with Crippen molar-refractivity contribution < 1.29 is 19.0 Å². The molecule has 0 atom stereocenters. The highest BCUT2D eigenvalue weighted by molar-refractivity contribution is 5.88. The molecule has 0 saturated carbocycles. The van der Waals surface area contributed by atoms with Crippen LogP contribution in [0.25, 0.3) is 0 Å². The van der Waals surface area contributed by atoms with E-state index in [-0.39, 0.29) is 11.3 Å². The van der Waals surface area contributed by atoms with E-state index in [1.807, 2.05) is 0 Å². The van der Waals surface area contributed by atoms with Crippen LogP contribution in [0.2, 0.25) is 0 Å². The Balaban J connectivity index is 2.24. The van der Waals surface area contributed by atoms with E-state index >= 15 is 0 Å². The zero-order valence-electron chi connectivity index (χ0n) is 8.63. The van der Waals surface area contributed by atoms with Crippen LogP contribution in [-0.4, -0.2) is 16.1 Å². The third kappa shape index (κ3) is 2.57. The number of nitrogens with zero attached hydrogens (tertiary/aromatic N) is 1. The van der Waals surface area contributed by atoms with Gasteiger partial charge in [-0.25, -0.2) is 9.18 Å². The normalized spacial score (nSPS) is 9.94. The predicted octanol–water partition coefficient (Wildman–Crippen LogP) is 2.71. The van der Waals surface area contributed by atoms with Crippen molar-refractivity contribution in [2.24, 2.45) is 0 Å². The Kier molecular flexibility index (Phi) is 3.00. The van der Waals surface area contributed by atoms with Crippen LogP contribution in [0.5, 0.6) is 11.5 Å². The first-order chi connectivity index (χ1) is 8.16. The molecule has 0 aliphatic rings. The quantitative estimate of drug-likeness (QED) is 0.885. The number of carboxylic acids is 1. The summed E-state index contributed by atoms with van der Waals surface area (Å²) < 4.78 is 18.7. The Morgan fingerprint density at radius 3 is 2.47 bits per heavy atom. The summed E-state index contributed by atoms with van der Waals surface area (Å²) in [6.07, 6.45) is 3.08. The number of halogens is 1. The highest BCUT2D eigenvalue weighted by Crippen LogP contribution is 2.22. The van der Waals surface area contributed by atoms with E-state index in [9.17, 15) is 9.18 Å². The van der Waals surface area contributed by atoms with Crippen LogP contribution < -0.4 is 4.74 Å². The van der Waals surface area contributed by atoms with Gasteiger partial charge in [0.05, 0.1) is 5.56 Å². The average Bonchev–Trinajstić information content (AvgIpc) is 2.30. The van der Waals surface area contributed by atoms with E-state index in [2.05, 4.69) is 4.98 Å². The van der Waals surface area contributed by atoms with Gasteiger partial charge in [0.15, 0.2) is 0 Å². The molecule has 17 heavy (non-hydrogen) atoms. The largest absolute Gasteiger partial charge is 0.478 e. The van der Waals surface area contributed by atoms with Crippen molar-refractivity contribution in [1.29, 1.82) is 0 Å². The van der Waals surface area contributed by atoms with Crippen molar-refractivity contribution in [2.75, 3.05) is 0 Å². The van der Waals surface area contributed by atoms with Gasteiger partial charge in [-0.1, -0.05) is 0 Å². The summed E-state index contributed by atoms with van der Waals surface area (Å²) in [5.74, 6) is -1.40. The minimum Gasteiger partial charge on any atom is -0.478 e. The lowest BCUT2D eigenvalue weighted by Crippen LogP contribution is -2.00. The van der Waals surface area contributed by atoms with Gasteiger partial charge in [-0.2, -0.15) is 0 Å². The number of carbonyl (C=O) groups is 1. The molecule has 0 amide bonds. The Hall–Kier alpha value is -2.43. The summed E-state index contributed by atoms with van der Waals surface area (Å²) in [4.78, 5) is 14.4. The molecule has 0 radical (unpaired) electrons. The molecule has 5 heteroatoms. The summed E-state index contributed by atoms with van der Waals surface area (Å²) in [6, 6.07) is 6.82. The number of hydrogen-bond donors (Lipinski definition) is 1. The van der Waals surface area contributed by atoms with E-state index in [1.54, 1.807) is 12.1 Å². The molecule has 86 valence electrons. The summed E-state index contributed by atoms with van der Waals surface area (Å²) in [5.41, 5.74) is -0.382. The molecule has 0 unspecified atom stereocenters. The highest BCUT2D eigenvalue weighted by Gasteiger charge is 2.11. The molecule has 4 nitrogen and oxygen atoms in total. The summed E-state index contributed by atoms with van der Waals surface area (Å²) in [7, 11) is 0. The predicted molar refractivity (Wildman–Crippen MR) is 57.7 cm³/mol. The standard InChI is InChI=1S/C12H8FNO3/c13-11-7-9(1-2-10(11)12(15)16)17-8-3-5-14-6-4-8/h1-7H,(H,15,16). The minimum atomic E-state index is -1.31. The third-order valence-corrected chi connectivity index (χ3v) is 2.06.